The van der Waals surface area contributed by atoms with E-state index in [4.69, 9.17) is 11.6 Å². The molecule has 1 fully saturated rings. The van der Waals surface area contributed by atoms with Gasteiger partial charge in [0.15, 0.2) is 0 Å². The summed E-state index contributed by atoms with van der Waals surface area (Å²) in [6, 6.07) is 8.32. The van der Waals surface area contributed by atoms with E-state index < -0.39 is 0 Å². The molecular formula is C21H22ClN5O2. The van der Waals surface area contributed by atoms with Crippen LogP contribution in [-0.4, -0.2) is 57.0 Å². The highest BCUT2D eigenvalue weighted by Crippen LogP contribution is 2.34. The van der Waals surface area contributed by atoms with E-state index in [1.54, 1.807) is 30.7 Å². The lowest BCUT2D eigenvalue weighted by molar-refractivity contribution is 0.237. The second kappa shape index (κ2) is 8.63. The largest absolute Gasteiger partial charge is 0.506 e. The highest BCUT2D eigenvalue weighted by atomic mass is 35.5. The van der Waals surface area contributed by atoms with Crippen molar-refractivity contribution >= 4 is 17.6 Å². The number of rotatable bonds is 5. The predicted molar refractivity (Wildman–Crippen MR) is 112 cm³/mol. The Morgan fingerprint density at radius 1 is 1.14 bits per heavy atom. The molecular weight excluding hydrogens is 390 g/mol. The van der Waals surface area contributed by atoms with Gasteiger partial charge in [0.25, 0.3) is 0 Å². The third-order valence-corrected chi connectivity index (χ3v) is 5.34. The van der Waals surface area contributed by atoms with E-state index in [1.807, 2.05) is 12.1 Å². The van der Waals surface area contributed by atoms with Crippen molar-refractivity contribution in [3.63, 3.8) is 0 Å². The molecule has 29 heavy (non-hydrogen) atoms. The first kappa shape index (κ1) is 19.4. The molecule has 7 nitrogen and oxygen atoms in total. The van der Waals surface area contributed by atoms with E-state index in [2.05, 4.69) is 20.3 Å². The molecule has 1 aliphatic heterocycles. The van der Waals surface area contributed by atoms with Gasteiger partial charge < -0.3 is 15.3 Å². The highest BCUT2D eigenvalue weighted by Gasteiger charge is 2.18. The Hall–Kier alpha value is -2.90. The Labute approximate surface area is 173 Å². The maximum atomic E-state index is 12.7. The smallest absolute Gasteiger partial charge is 0.342 e. The number of nitrogens with zero attached hydrogens (tertiary/aromatic N) is 4. The lowest BCUT2D eigenvalue weighted by Crippen LogP contribution is -2.36. The van der Waals surface area contributed by atoms with E-state index in [9.17, 15) is 9.90 Å². The van der Waals surface area contributed by atoms with Crippen LogP contribution in [0.3, 0.4) is 0 Å². The van der Waals surface area contributed by atoms with Crippen LogP contribution >= 0.6 is 11.6 Å². The maximum absolute atomic E-state index is 12.7. The van der Waals surface area contributed by atoms with E-state index in [0.29, 0.717) is 17.8 Å². The van der Waals surface area contributed by atoms with Crippen LogP contribution in [0.2, 0.25) is 5.02 Å². The van der Waals surface area contributed by atoms with Crippen LogP contribution in [0.5, 0.6) is 5.75 Å². The SMILES string of the molecule is O=C(NCCN1CCCC1)n1cc(-c2ccncc2)c(-c2ccc(O)c(Cl)c2)n1. The van der Waals surface area contributed by atoms with Crippen molar-refractivity contribution < 1.29 is 9.90 Å². The number of carbonyl (C=O) groups excluding carboxylic acids is 1. The zero-order valence-electron chi connectivity index (χ0n) is 15.9. The summed E-state index contributed by atoms with van der Waals surface area (Å²) in [7, 11) is 0. The van der Waals surface area contributed by atoms with Crippen molar-refractivity contribution in [2.75, 3.05) is 26.2 Å². The van der Waals surface area contributed by atoms with Crippen LogP contribution in [0.15, 0.2) is 48.9 Å². The number of benzene rings is 1. The highest BCUT2D eigenvalue weighted by molar-refractivity contribution is 6.32. The summed E-state index contributed by atoms with van der Waals surface area (Å²) in [5, 5.41) is 17.4. The van der Waals surface area contributed by atoms with Gasteiger partial charge in [-0.3, -0.25) is 4.98 Å². The molecule has 150 valence electrons. The van der Waals surface area contributed by atoms with Gasteiger partial charge in [0.2, 0.25) is 0 Å². The normalized spacial score (nSPS) is 14.2. The number of halogens is 1. The summed E-state index contributed by atoms with van der Waals surface area (Å²) in [6.07, 6.45) is 7.53. The average molecular weight is 412 g/mol. The summed E-state index contributed by atoms with van der Waals surface area (Å²) < 4.78 is 1.32. The Morgan fingerprint density at radius 3 is 2.62 bits per heavy atom. The molecule has 0 unspecified atom stereocenters. The molecule has 2 N–H and O–H groups in total. The van der Waals surface area contributed by atoms with E-state index >= 15 is 0 Å². The number of aromatic hydroxyl groups is 1. The van der Waals surface area contributed by atoms with E-state index in [-0.39, 0.29) is 16.8 Å². The summed E-state index contributed by atoms with van der Waals surface area (Å²) in [4.78, 5) is 19.1. The van der Waals surface area contributed by atoms with Crippen molar-refractivity contribution in [1.82, 2.24) is 25.0 Å². The van der Waals surface area contributed by atoms with Gasteiger partial charge in [0, 0.05) is 42.8 Å². The molecule has 3 aromatic rings. The number of carbonyl (C=O) groups is 1. The number of phenols is 1. The fourth-order valence-corrected chi connectivity index (χ4v) is 3.68. The zero-order chi connectivity index (χ0) is 20.2. The number of hydrogen-bond acceptors (Lipinski definition) is 5. The first-order chi connectivity index (χ1) is 14.1. The molecule has 1 aromatic carbocycles. The molecule has 4 rings (SSSR count). The van der Waals surface area contributed by atoms with Gasteiger partial charge in [0.05, 0.1) is 5.02 Å². The lowest BCUT2D eigenvalue weighted by atomic mass is 10.0. The lowest BCUT2D eigenvalue weighted by Gasteiger charge is -2.14. The van der Waals surface area contributed by atoms with Gasteiger partial charge in [-0.05, 0) is 61.8 Å². The fraction of sp³-hybridized carbons (Fsp3) is 0.286. The summed E-state index contributed by atoms with van der Waals surface area (Å²) >= 11 is 6.08. The van der Waals surface area contributed by atoms with Gasteiger partial charge in [-0.25, -0.2) is 4.79 Å². The van der Waals surface area contributed by atoms with Crippen molar-refractivity contribution in [1.29, 1.82) is 0 Å². The third kappa shape index (κ3) is 4.41. The van der Waals surface area contributed by atoms with Crippen LogP contribution in [0.4, 0.5) is 4.79 Å². The molecule has 0 atom stereocenters. The molecule has 2 aromatic heterocycles. The first-order valence-corrected chi connectivity index (χ1v) is 9.99. The number of pyridine rings is 1. The van der Waals surface area contributed by atoms with Gasteiger partial charge in [-0.1, -0.05) is 11.6 Å². The van der Waals surface area contributed by atoms with Crippen LogP contribution in [0.25, 0.3) is 22.4 Å². The van der Waals surface area contributed by atoms with E-state index in [1.165, 1.54) is 23.6 Å². The fourth-order valence-electron chi connectivity index (χ4n) is 3.50. The molecule has 0 radical (unpaired) electrons. The average Bonchev–Trinajstić information content (AvgIpc) is 3.41. The van der Waals surface area contributed by atoms with Crippen molar-refractivity contribution in [2.24, 2.45) is 0 Å². The molecule has 0 aliphatic carbocycles. The molecule has 1 amide bonds. The second-order valence-corrected chi connectivity index (χ2v) is 7.43. The summed E-state index contributed by atoms with van der Waals surface area (Å²) in [5.74, 6) is -0.0000313. The zero-order valence-corrected chi connectivity index (χ0v) is 16.6. The number of aromatic nitrogens is 3. The number of nitrogens with one attached hydrogen (secondary N) is 1. The predicted octanol–water partition coefficient (Wildman–Crippen LogP) is 3.62. The standard InChI is InChI=1S/C21H22ClN5O2/c22-18-13-16(3-4-19(18)28)20-17(15-5-7-23-8-6-15)14-27(25-20)21(29)24-9-12-26-10-1-2-11-26/h3-8,13-14,28H,1-2,9-12H2,(H,24,29). The minimum absolute atomic E-state index is 0.0000313. The van der Waals surface area contributed by atoms with Gasteiger partial charge >= 0.3 is 6.03 Å². The number of phenolic OH excluding ortho intramolecular Hbond substituents is 1. The maximum Gasteiger partial charge on any atom is 0.342 e. The first-order valence-electron chi connectivity index (χ1n) is 9.61. The molecule has 1 saturated heterocycles. The minimum Gasteiger partial charge on any atom is -0.506 e. The van der Waals surface area contributed by atoms with Gasteiger partial charge in [-0.15, -0.1) is 0 Å². The summed E-state index contributed by atoms with van der Waals surface area (Å²) in [6.45, 7) is 3.60. The molecule has 0 spiro atoms. The topological polar surface area (TPSA) is 83.3 Å². The Morgan fingerprint density at radius 2 is 1.90 bits per heavy atom. The number of amides is 1. The van der Waals surface area contributed by atoms with Gasteiger partial charge in [-0.2, -0.15) is 9.78 Å². The Bertz CT molecular complexity index is 1000. The Balaban J connectivity index is 1.60. The van der Waals surface area contributed by atoms with Crippen LogP contribution in [0, 0.1) is 0 Å². The monoisotopic (exact) mass is 411 g/mol. The minimum atomic E-state index is -0.282. The third-order valence-electron chi connectivity index (χ3n) is 5.04. The van der Waals surface area contributed by atoms with Crippen LogP contribution < -0.4 is 5.32 Å². The Kier molecular flexibility index (Phi) is 5.78. The van der Waals surface area contributed by atoms with Crippen molar-refractivity contribution in [3.8, 4) is 28.1 Å². The van der Waals surface area contributed by atoms with Crippen LogP contribution in [0.1, 0.15) is 12.8 Å². The van der Waals surface area contributed by atoms with Crippen molar-refractivity contribution in [2.45, 2.75) is 12.8 Å². The number of likely N-dealkylation sites (tertiary alicyclic amines) is 1. The van der Waals surface area contributed by atoms with Crippen LogP contribution in [-0.2, 0) is 0 Å². The molecule has 0 saturated carbocycles. The quantitative estimate of drug-likeness (QED) is 0.669. The van der Waals surface area contributed by atoms with Crippen molar-refractivity contribution in [3.05, 3.63) is 53.9 Å². The molecule has 3 heterocycles. The van der Waals surface area contributed by atoms with E-state index in [0.717, 1.165) is 30.8 Å². The molecule has 8 heteroatoms. The second-order valence-electron chi connectivity index (χ2n) is 7.02. The molecule has 1 aliphatic rings. The van der Waals surface area contributed by atoms with Gasteiger partial charge in [0.1, 0.15) is 11.4 Å². The number of hydrogen-bond donors (Lipinski definition) is 2. The molecule has 0 bridgehead atoms. The summed E-state index contributed by atoms with van der Waals surface area (Å²) in [5.41, 5.74) is 2.98.